The maximum atomic E-state index is 13.3. The largest absolute Gasteiger partial charge is 0.465 e. The molecule has 1 aromatic rings. The Labute approximate surface area is 195 Å². The number of hydrogen-bond donors (Lipinski definition) is 1. The summed E-state index contributed by atoms with van der Waals surface area (Å²) in [4.78, 5) is 12.7. The lowest BCUT2D eigenvalue weighted by Crippen LogP contribution is -2.47. The van der Waals surface area contributed by atoms with Gasteiger partial charge < -0.3 is 28.8 Å². The second-order valence-electron chi connectivity index (χ2n) is 9.33. The molecule has 2 fully saturated rings. The van der Waals surface area contributed by atoms with Crippen LogP contribution in [0.4, 0.5) is 0 Å². The number of aryl methyl sites for hydroxylation is 1. The fourth-order valence-electron chi connectivity index (χ4n) is 4.11. The first-order chi connectivity index (χ1) is 15.3. The smallest absolute Gasteiger partial charge is 0.324 e. The topological polar surface area (TPSA) is 118 Å². The van der Waals surface area contributed by atoms with Gasteiger partial charge in [-0.05, 0) is 53.7 Å². The third-order valence-corrected chi connectivity index (χ3v) is 7.73. The summed E-state index contributed by atoms with van der Waals surface area (Å²) in [6.07, 6.45) is -3.96. The molecule has 0 aliphatic carbocycles. The molecule has 2 aliphatic rings. The van der Waals surface area contributed by atoms with Gasteiger partial charge in [0.1, 0.15) is 18.3 Å². The first-order valence-corrected chi connectivity index (χ1v) is 12.6. The van der Waals surface area contributed by atoms with E-state index in [1.807, 2.05) is 6.92 Å². The molecule has 2 saturated heterocycles. The number of aliphatic hydroxyl groups excluding tert-OH is 1. The predicted octanol–water partition coefficient (Wildman–Crippen LogP) is 2.12. The van der Waals surface area contributed by atoms with Gasteiger partial charge in [-0.25, -0.2) is 8.42 Å². The summed E-state index contributed by atoms with van der Waals surface area (Å²) in [5, 5.41) is 9.50. The molecule has 0 spiro atoms. The Kier molecular flexibility index (Phi) is 7.57. The van der Waals surface area contributed by atoms with Crippen molar-refractivity contribution < 1.29 is 42.0 Å². The van der Waals surface area contributed by atoms with Gasteiger partial charge >= 0.3 is 5.97 Å². The number of carbonyl (C=O) groups excluding carboxylic acids is 1. The zero-order valence-corrected chi connectivity index (χ0v) is 20.8. The number of sulfone groups is 1. The number of rotatable bonds is 8. The van der Waals surface area contributed by atoms with Crippen LogP contribution in [0.15, 0.2) is 29.2 Å². The molecule has 0 bridgehead atoms. The Balaban J connectivity index is 1.87. The first-order valence-electron chi connectivity index (χ1n) is 11.1. The maximum absolute atomic E-state index is 13.3. The molecule has 1 aromatic carbocycles. The highest BCUT2D eigenvalue weighted by Crippen LogP contribution is 2.38. The SMILES string of the molecule is CCOC(=O)C(C[C@@H](O)[C@H]1OC(C)(C)O[C@@H]1[C@H]1COC(C)(C)O1)S(=O)(=O)c1ccc(C)cc1. The monoisotopic (exact) mass is 486 g/mol. The quantitative estimate of drug-likeness (QED) is 0.551. The van der Waals surface area contributed by atoms with Crippen LogP contribution in [0.3, 0.4) is 0 Å². The molecule has 0 saturated carbocycles. The number of ether oxygens (including phenoxy) is 5. The average Bonchev–Trinajstić information content (AvgIpc) is 3.24. The lowest BCUT2D eigenvalue weighted by Gasteiger charge is -2.28. The van der Waals surface area contributed by atoms with E-state index in [0.29, 0.717) is 0 Å². The number of esters is 1. The summed E-state index contributed by atoms with van der Waals surface area (Å²) in [6.45, 7) is 10.6. The molecule has 5 atom stereocenters. The number of hydrogen-bond acceptors (Lipinski definition) is 9. The van der Waals surface area contributed by atoms with Crippen LogP contribution in [0.1, 0.15) is 46.6 Å². The van der Waals surface area contributed by atoms with Crippen molar-refractivity contribution in [2.75, 3.05) is 13.2 Å². The molecule has 2 heterocycles. The standard InChI is InChI=1S/C23H34O9S/c1-7-28-21(25)18(33(26,27)15-10-8-14(2)9-11-15)12-16(24)19-20(32-23(5,6)31-19)17-13-29-22(3,4)30-17/h8-11,16-20,24H,7,12-13H2,1-6H3/t16-,17-,18?,19-,20-/m1/s1. The fourth-order valence-corrected chi connectivity index (χ4v) is 5.73. The van der Waals surface area contributed by atoms with E-state index in [-0.39, 0.29) is 18.1 Å². The molecular formula is C23H34O9S. The van der Waals surface area contributed by atoms with Gasteiger partial charge in [-0.2, -0.15) is 0 Å². The molecule has 0 radical (unpaired) electrons. The summed E-state index contributed by atoms with van der Waals surface area (Å²) in [6, 6.07) is 6.18. The van der Waals surface area contributed by atoms with Crippen LogP contribution in [-0.2, 0) is 38.3 Å². The predicted molar refractivity (Wildman–Crippen MR) is 118 cm³/mol. The van der Waals surface area contributed by atoms with Crippen LogP contribution in [0, 0.1) is 6.92 Å². The van der Waals surface area contributed by atoms with Crippen molar-refractivity contribution in [2.45, 2.75) is 94.1 Å². The van der Waals surface area contributed by atoms with Crippen LogP contribution in [0.25, 0.3) is 0 Å². The average molecular weight is 487 g/mol. The maximum Gasteiger partial charge on any atom is 0.324 e. The van der Waals surface area contributed by atoms with Crippen LogP contribution < -0.4 is 0 Å². The van der Waals surface area contributed by atoms with E-state index in [4.69, 9.17) is 23.7 Å². The van der Waals surface area contributed by atoms with Gasteiger partial charge in [-0.3, -0.25) is 4.79 Å². The minimum Gasteiger partial charge on any atom is -0.465 e. The summed E-state index contributed by atoms with van der Waals surface area (Å²) < 4.78 is 55.1. The molecule has 0 amide bonds. The van der Waals surface area contributed by atoms with E-state index in [1.54, 1.807) is 46.8 Å². The summed E-state index contributed by atoms with van der Waals surface area (Å²) in [5.41, 5.74) is 0.880. The zero-order chi connectivity index (χ0) is 24.6. The molecule has 1 N–H and O–H groups in total. The van der Waals surface area contributed by atoms with Crippen molar-refractivity contribution in [3.63, 3.8) is 0 Å². The highest BCUT2D eigenvalue weighted by atomic mass is 32.2. The Morgan fingerprint density at radius 3 is 2.30 bits per heavy atom. The van der Waals surface area contributed by atoms with E-state index in [1.165, 1.54) is 12.1 Å². The van der Waals surface area contributed by atoms with E-state index in [2.05, 4.69) is 0 Å². The third kappa shape index (κ3) is 5.93. The first kappa shape index (κ1) is 26.1. The molecule has 10 heteroatoms. The van der Waals surface area contributed by atoms with Gasteiger partial charge in [0.25, 0.3) is 0 Å². The van der Waals surface area contributed by atoms with E-state index in [0.717, 1.165) is 5.56 Å². The third-order valence-electron chi connectivity index (χ3n) is 5.67. The molecule has 33 heavy (non-hydrogen) atoms. The Bertz CT molecular complexity index is 939. The van der Waals surface area contributed by atoms with Gasteiger partial charge in [-0.1, -0.05) is 17.7 Å². The Hall–Kier alpha value is -1.56. The summed E-state index contributed by atoms with van der Waals surface area (Å²) >= 11 is 0. The lowest BCUT2D eigenvalue weighted by atomic mass is 10.00. The second kappa shape index (κ2) is 9.59. The minimum absolute atomic E-state index is 0.00980. The molecule has 3 rings (SSSR count). The van der Waals surface area contributed by atoms with Crippen molar-refractivity contribution >= 4 is 15.8 Å². The van der Waals surface area contributed by atoms with Gasteiger partial charge in [0.05, 0.1) is 24.2 Å². The van der Waals surface area contributed by atoms with Crippen LogP contribution >= 0.6 is 0 Å². The van der Waals surface area contributed by atoms with Crippen LogP contribution in [-0.4, -0.2) is 73.9 Å². The van der Waals surface area contributed by atoms with E-state index in [9.17, 15) is 18.3 Å². The van der Waals surface area contributed by atoms with Crippen molar-refractivity contribution in [1.82, 2.24) is 0 Å². The fraction of sp³-hybridized carbons (Fsp3) is 0.696. The second-order valence-corrected chi connectivity index (χ2v) is 11.5. The van der Waals surface area contributed by atoms with E-state index < -0.39 is 63.5 Å². The van der Waals surface area contributed by atoms with Gasteiger partial charge in [0, 0.05) is 6.42 Å². The highest BCUT2D eigenvalue weighted by Gasteiger charge is 2.53. The molecule has 1 unspecified atom stereocenters. The van der Waals surface area contributed by atoms with Crippen LogP contribution in [0.5, 0.6) is 0 Å². The minimum atomic E-state index is -4.13. The molecule has 2 aliphatic heterocycles. The molecule has 0 aromatic heterocycles. The van der Waals surface area contributed by atoms with Crippen molar-refractivity contribution in [1.29, 1.82) is 0 Å². The van der Waals surface area contributed by atoms with Crippen molar-refractivity contribution in [3.05, 3.63) is 29.8 Å². The van der Waals surface area contributed by atoms with Gasteiger partial charge in [-0.15, -0.1) is 0 Å². The van der Waals surface area contributed by atoms with Gasteiger partial charge in [0.2, 0.25) is 0 Å². The normalized spacial score (nSPS) is 28.4. The molecule has 9 nitrogen and oxygen atoms in total. The number of aliphatic hydroxyl groups is 1. The Morgan fingerprint density at radius 2 is 1.76 bits per heavy atom. The highest BCUT2D eigenvalue weighted by molar-refractivity contribution is 7.92. The van der Waals surface area contributed by atoms with Crippen LogP contribution in [0.2, 0.25) is 0 Å². The lowest BCUT2D eigenvalue weighted by molar-refractivity contribution is -0.175. The van der Waals surface area contributed by atoms with Crippen molar-refractivity contribution in [3.8, 4) is 0 Å². The number of carbonyl (C=O) groups is 1. The van der Waals surface area contributed by atoms with Crippen molar-refractivity contribution in [2.24, 2.45) is 0 Å². The zero-order valence-electron chi connectivity index (χ0n) is 19.9. The van der Waals surface area contributed by atoms with Gasteiger partial charge in [0.15, 0.2) is 26.7 Å². The molecular weight excluding hydrogens is 452 g/mol. The Morgan fingerprint density at radius 1 is 1.12 bits per heavy atom. The number of benzene rings is 1. The van der Waals surface area contributed by atoms with E-state index >= 15 is 0 Å². The summed E-state index contributed by atoms with van der Waals surface area (Å²) in [5.74, 6) is -2.78. The molecule has 186 valence electrons. The summed E-state index contributed by atoms with van der Waals surface area (Å²) in [7, 11) is -4.13.